The third-order valence-electron chi connectivity index (χ3n) is 3.12. The number of hydrogen-bond acceptors (Lipinski definition) is 3. The van der Waals surface area contributed by atoms with Gasteiger partial charge in [-0.1, -0.05) is 6.07 Å². The van der Waals surface area contributed by atoms with Gasteiger partial charge in [0.05, 0.1) is 22.1 Å². The minimum atomic E-state index is -0.455. The average molecular weight is 383 g/mol. The van der Waals surface area contributed by atoms with Crippen molar-refractivity contribution in [2.45, 2.75) is 20.4 Å². The second kappa shape index (κ2) is 5.74. The molecule has 2 aromatic rings. The van der Waals surface area contributed by atoms with E-state index in [-0.39, 0.29) is 5.56 Å². The number of aromatic nitrogens is 2. The lowest BCUT2D eigenvalue weighted by Crippen LogP contribution is -2.25. The number of primary amides is 1. The number of rotatable bonds is 3. The standard InChI is InChI=1S/C14H14IN3O2/c1-8-5-10(13(16)19)3-4-11(8)6-18-7-17-9(2)12(15)14(18)20/h3-5,7H,6H2,1-2H3,(H2,16,19). The third kappa shape index (κ3) is 2.90. The molecule has 1 aromatic carbocycles. The van der Waals surface area contributed by atoms with Gasteiger partial charge in [-0.05, 0) is 59.7 Å². The molecule has 0 radical (unpaired) electrons. The van der Waals surface area contributed by atoms with E-state index in [1.54, 1.807) is 30.0 Å². The molecule has 2 N–H and O–H groups in total. The van der Waals surface area contributed by atoms with Crippen LogP contribution in [0, 0.1) is 17.4 Å². The Morgan fingerprint density at radius 3 is 2.70 bits per heavy atom. The molecule has 0 fully saturated rings. The number of aryl methyl sites for hydroxylation is 2. The minimum absolute atomic E-state index is 0.0588. The Balaban J connectivity index is 2.38. The maximum atomic E-state index is 12.1. The van der Waals surface area contributed by atoms with Crippen molar-refractivity contribution in [1.82, 2.24) is 9.55 Å². The summed E-state index contributed by atoms with van der Waals surface area (Å²) in [7, 11) is 0. The van der Waals surface area contributed by atoms with E-state index < -0.39 is 5.91 Å². The SMILES string of the molecule is Cc1cc(C(N)=O)ccc1Cn1cnc(C)c(I)c1=O. The highest BCUT2D eigenvalue weighted by Gasteiger charge is 2.08. The normalized spacial score (nSPS) is 10.6. The molecular weight excluding hydrogens is 369 g/mol. The molecule has 0 aliphatic heterocycles. The number of hydrogen-bond donors (Lipinski definition) is 1. The molecule has 0 spiro atoms. The van der Waals surface area contributed by atoms with Gasteiger partial charge in [-0.15, -0.1) is 0 Å². The predicted octanol–water partition coefficient (Wildman–Crippen LogP) is 1.61. The van der Waals surface area contributed by atoms with Crippen LogP contribution < -0.4 is 11.3 Å². The Bertz CT molecular complexity index is 738. The largest absolute Gasteiger partial charge is 0.366 e. The first-order chi connectivity index (χ1) is 9.40. The van der Waals surface area contributed by atoms with Crippen molar-refractivity contribution in [1.29, 1.82) is 0 Å². The van der Waals surface area contributed by atoms with Gasteiger partial charge in [0.25, 0.3) is 5.56 Å². The van der Waals surface area contributed by atoms with Crippen LogP contribution in [0.3, 0.4) is 0 Å². The molecule has 1 heterocycles. The van der Waals surface area contributed by atoms with Crippen LogP contribution in [0.2, 0.25) is 0 Å². The van der Waals surface area contributed by atoms with E-state index in [1.807, 2.05) is 35.6 Å². The van der Waals surface area contributed by atoms with Gasteiger partial charge in [0.1, 0.15) is 0 Å². The molecule has 0 bridgehead atoms. The van der Waals surface area contributed by atoms with E-state index in [9.17, 15) is 9.59 Å². The topological polar surface area (TPSA) is 78.0 Å². The van der Waals surface area contributed by atoms with Crippen molar-refractivity contribution in [3.63, 3.8) is 0 Å². The summed E-state index contributed by atoms with van der Waals surface area (Å²) < 4.78 is 2.18. The summed E-state index contributed by atoms with van der Waals surface area (Å²) in [4.78, 5) is 27.4. The van der Waals surface area contributed by atoms with Gasteiger partial charge in [0, 0.05) is 5.56 Å². The quantitative estimate of drug-likeness (QED) is 0.819. The highest BCUT2D eigenvalue weighted by molar-refractivity contribution is 14.1. The van der Waals surface area contributed by atoms with E-state index >= 15 is 0 Å². The van der Waals surface area contributed by atoms with Crippen molar-refractivity contribution < 1.29 is 4.79 Å². The summed E-state index contributed by atoms with van der Waals surface area (Å²) in [6, 6.07) is 5.21. The molecule has 0 saturated carbocycles. The van der Waals surface area contributed by atoms with E-state index in [4.69, 9.17) is 5.73 Å². The molecule has 0 unspecified atom stereocenters. The number of amides is 1. The van der Waals surface area contributed by atoms with E-state index in [1.165, 1.54) is 0 Å². The van der Waals surface area contributed by atoms with Crippen molar-refractivity contribution >= 4 is 28.5 Å². The Hall–Kier alpha value is -1.70. The Labute approximate surface area is 130 Å². The summed E-state index contributed by atoms with van der Waals surface area (Å²) in [5.41, 5.74) is 8.26. The Morgan fingerprint density at radius 1 is 1.40 bits per heavy atom. The second-order valence-corrected chi connectivity index (χ2v) is 5.66. The third-order valence-corrected chi connectivity index (χ3v) is 4.37. The highest BCUT2D eigenvalue weighted by atomic mass is 127. The molecule has 1 aromatic heterocycles. The average Bonchev–Trinajstić information content (AvgIpc) is 2.41. The maximum absolute atomic E-state index is 12.1. The fourth-order valence-corrected chi connectivity index (χ4v) is 2.32. The summed E-state index contributed by atoms with van der Waals surface area (Å²) in [5, 5.41) is 0. The molecule has 5 nitrogen and oxygen atoms in total. The summed E-state index contributed by atoms with van der Waals surface area (Å²) >= 11 is 2.00. The molecule has 0 saturated heterocycles. The first-order valence-corrected chi connectivity index (χ1v) is 7.09. The van der Waals surface area contributed by atoms with Gasteiger partial charge in [0.15, 0.2) is 0 Å². The molecule has 0 aliphatic carbocycles. The van der Waals surface area contributed by atoms with Crippen molar-refractivity contribution in [3.05, 3.63) is 60.8 Å². The zero-order valence-electron chi connectivity index (χ0n) is 11.2. The van der Waals surface area contributed by atoms with Crippen LogP contribution in [-0.2, 0) is 6.54 Å². The van der Waals surface area contributed by atoms with E-state index in [0.717, 1.165) is 16.8 Å². The van der Waals surface area contributed by atoms with Crippen LogP contribution >= 0.6 is 22.6 Å². The molecule has 20 heavy (non-hydrogen) atoms. The zero-order valence-corrected chi connectivity index (χ0v) is 13.3. The van der Waals surface area contributed by atoms with E-state index in [0.29, 0.717) is 15.7 Å². The maximum Gasteiger partial charge on any atom is 0.267 e. The van der Waals surface area contributed by atoms with Crippen molar-refractivity contribution in [2.24, 2.45) is 5.73 Å². The predicted molar refractivity (Wildman–Crippen MR) is 84.7 cm³/mol. The number of carbonyl (C=O) groups excluding carboxylic acids is 1. The lowest BCUT2D eigenvalue weighted by molar-refractivity contribution is 0.1000. The lowest BCUT2D eigenvalue weighted by Gasteiger charge is -2.10. The molecule has 0 atom stereocenters. The highest BCUT2D eigenvalue weighted by Crippen LogP contribution is 2.12. The van der Waals surface area contributed by atoms with Gasteiger partial charge in [-0.25, -0.2) is 4.98 Å². The van der Waals surface area contributed by atoms with Gasteiger partial charge in [0.2, 0.25) is 5.91 Å². The van der Waals surface area contributed by atoms with Crippen LogP contribution in [0.4, 0.5) is 0 Å². The fraction of sp³-hybridized carbons (Fsp3) is 0.214. The minimum Gasteiger partial charge on any atom is -0.366 e. The van der Waals surface area contributed by atoms with Crippen molar-refractivity contribution in [2.75, 3.05) is 0 Å². The number of benzene rings is 1. The van der Waals surface area contributed by atoms with Gasteiger partial charge in [-0.3, -0.25) is 14.2 Å². The molecule has 0 aliphatic rings. The summed E-state index contributed by atoms with van der Waals surface area (Å²) in [6.07, 6.45) is 1.54. The second-order valence-electron chi connectivity index (χ2n) is 4.58. The Morgan fingerprint density at radius 2 is 2.10 bits per heavy atom. The summed E-state index contributed by atoms with van der Waals surface area (Å²) in [6.45, 7) is 4.12. The van der Waals surface area contributed by atoms with Crippen LogP contribution in [0.25, 0.3) is 0 Å². The molecule has 6 heteroatoms. The number of halogens is 1. The smallest absolute Gasteiger partial charge is 0.267 e. The molecule has 104 valence electrons. The number of nitrogens with zero attached hydrogens (tertiary/aromatic N) is 2. The van der Waals surface area contributed by atoms with Crippen LogP contribution in [0.15, 0.2) is 29.3 Å². The fourth-order valence-electron chi connectivity index (χ4n) is 1.87. The molecule has 1 amide bonds. The van der Waals surface area contributed by atoms with Gasteiger partial charge >= 0.3 is 0 Å². The summed E-state index contributed by atoms with van der Waals surface area (Å²) in [5.74, 6) is -0.455. The first-order valence-electron chi connectivity index (χ1n) is 6.01. The van der Waals surface area contributed by atoms with Gasteiger partial charge in [-0.2, -0.15) is 0 Å². The number of carbonyl (C=O) groups is 1. The lowest BCUT2D eigenvalue weighted by atomic mass is 10.0. The molecule has 2 rings (SSSR count). The van der Waals surface area contributed by atoms with Crippen molar-refractivity contribution in [3.8, 4) is 0 Å². The Kier molecular flexibility index (Phi) is 4.22. The van der Waals surface area contributed by atoms with Crippen LogP contribution in [0.5, 0.6) is 0 Å². The monoisotopic (exact) mass is 383 g/mol. The zero-order chi connectivity index (χ0) is 14.9. The first kappa shape index (κ1) is 14.7. The molecular formula is C14H14IN3O2. The van der Waals surface area contributed by atoms with Gasteiger partial charge < -0.3 is 5.73 Å². The number of nitrogens with two attached hydrogens (primary N) is 1. The van der Waals surface area contributed by atoms with Crippen LogP contribution in [-0.4, -0.2) is 15.5 Å². The van der Waals surface area contributed by atoms with E-state index in [2.05, 4.69) is 4.98 Å². The van der Waals surface area contributed by atoms with Crippen LogP contribution in [0.1, 0.15) is 27.2 Å².